The lowest BCUT2D eigenvalue weighted by Gasteiger charge is -2.12. The van der Waals surface area contributed by atoms with Gasteiger partial charge < -0.3 is 14.8 Å². The number of hydrogen-bond acceptors (Lipinski definition) is 3. The first-order chi connectivity index (χ1) is 12.6. The Hall–Kier alpha value is -2.27. The Morgan fingerprint density at radius 2 is 1.85 bits per heavy atom. The average Bonchev–Trinajstić information content (AvgIpc) is 2.62. The van der Waals surface area contributed by atoms with E-state index in [0.29, 0.717) is 19.8 Å². The lowest BCUT2D eigenvalue weighted by molar-refractivity contribution is -0.116. The molecule has 0 heterocycles. The number of nitrogens with one attached hydrogen (secondary N) is 1. The third kappa shape index (κ3) is 6.56. The Labute approximate surface area is 163 Å². The Balaban J connectivity index is 1.86. The molecule has 0 aliphatic carbocycles. The van der Waals surface area contributed by atoms with Crippen LogP contribution < -0.4 is 14.8 Å². The first-order valence-electron chi connectivity index (χ1n) is 8.72. The van der Waals surface area contributed by atoms with Gasteiger partial charge in [-0.25, -0.2) is 0 Å². The van der Waals surface area contributed by atoms with E-state index in [4.69, 9.17) is 9.47 Å². The maximum absolute atomic E-state index is 11.9. The van der Waals surface area contributed by atoms with E-state index in [1.807, 2.05) is 56.3 Å². The van der Waals surface area contributed by atoms with E-state index in [9.17, 15) is 4.79 Å². The lowest BCUT2D eigenvalue weighted by Crippen LogP contribution is -2.23. The smallest absolute Gasteiger partial charge is 0.244 e. The van der Waals surface area contributed by atoms with E-state index >= 15 is 0 Å². The Morgan fingerprint density at radius 1 is 1.08 bits per heavy atom. The number of halogens is 1. The molecule has 2 aromatic rings. The van der Waals surface area contributed by atoms with Gasteiger partial charge in [0.25, 0.3) is 0 Å². The molecule has 2 aromatic carbocycles. The van der Waals surface area contributed by atoms with Crippen molar-refractivity contribution in [3.05, 3.63) is 64.1 Å². The van der Waals surface area contributed by atoms with E-state index < -0.39 is 0 Å². The monoisotopic (exact) mass is 417 g/mol. The van der Waals surface area contributed by atoms with E-state index in [-0.39, 0.29) is 5.91 Å². The van der Waals surface area contributed by atoms with E-state index in [1.165, 1.54) is 0 Å². The van der Waals surface area contributed by atoms with Gasteiger partial charge >= 0.3 is 0 Å². The molecule has 5 heteroatoms. The predicted octanol–water partition coefficient (Wildman–Crippen LogP) is 4.62. The number of carbonyl (C=O) groups is 1. The van der Waals surface area contributed by atoms with Crippen molar-refractivity contribution in [3.63, 3.8) is 0 Å². The normalized spacial score (nSPS) is 10.7. The zero-order valence-corrected chi connectivity index (χ0v) is 16.7. The van der Waals surface area contributed by atoms with Crippen molar-refractivity contribution in [2.45, 2.75) is 20.3 Å². The van der Waals surface area contributed by atoms with Gasteiger partial charge in [-0.1, -0.05) is 34.1 Å². The topological polar surface area (TPSA) is 47.6 Å². The molecule has 0 aliphatic rings. The molecule has 0 radical (unpaired) electrons. The fourth-order valence-electron chi connectivity index (χ4n) is 2.42. The standard InChI is InChI=1S/C21H24BrNO3/c1-3-25-19-10-8-17(15-20(19)26-4-2)12-13-23-21(24)11-9-16-6-5-7-18(22)14-16/h5-11,14-15H,3-4,12-13H2,1-2H3,(H,23,24)/b11-9+. The number of carbonyl (C=O) groups excluding carboxylic acids is 1. The molecule has 0 unspecified atom stereocenters. The number of amides is 1. The summed E-state index contributed by atoms with van der Waals surface area (Å²) < 4.78 is 12.2. The average molecular weight is 418 g/mol. The predicted molar refractivity (Wildman–Crippen MR) is 109 cm³/mol. The van der Waals surface area contributed by atoms with Crippen molar-refractivity contribution in [2.24, 2.45) is 0 Å². The van der Waals surface area contributed by atoms with Crippen LogP contribution in [0, 0.1) is 0 Å². The summed E-state index contributed by atoms with van der Waals surface area (Å²) in [5.41, 5.74) is 2.07. The van der Waals surface area contributed by atoms with Gasteiger partial charge in [-0.2, -0.15) is 0 Å². The first-order valence-corrected chi connectivity index (χ1v) is 9.51. The van der Waals surface area contributed by atoms with Crippen molar-refractivity contribution < 1.29 is 14.3 Å². The summed E-state index contributed by atoms with van der Waals surface area (Å²) in [7, 11) is 0. The molecule has 0 fully saturated rings. The molecule has 4 nitrogen and oxygen atoms in total. The molecular formula is C21H24BrNO3. The third-order valence-corrected chi connectivity index (χ3v) is 4.09. The summed E-state index contributed by atoms with van der Waals surface area (Å²) in [5.74, 6) is 1.38. The SMILES string of the molecule is CCOc1ccc(CCNC(=O)/C=C/c2cccc(Br)c2)cc1OCC. The van der Waals surface area contributed by atoms with Crippen molar-refractivity contribution in [1.82, 2.24) is 5.32 Å². The highest BCUT2D eigenvalue weighted by Gasteiger charge is 2.06. The van der Waals surface area contributed by atoms with E-state index in [2.05, 4.69) is 21.2 Å². The van der Waals surface area contributed by atoms with Crippen molar-refractivity contribution in [1.29, 1.82) is 0 Å². The summed E-state index contributed by atoms with van der Waals surface area (Å²) >= 11 is 3.42. The van der Waals surface area contributed by atoms with Gasteiger partial charge in [0.1, 0.15) is 0 Å². The molecule has 0 aromatic heterocycles. The van der Waals surface area contributed by atoms with Gasteiger partial charge in [0.05, 0.1) is 13.2 Å². The molecule has 0 spiro atoms. The minimum Gasteiger partial charge on any atom is -0.490 e. The molecule has 0 saturated carbocycles. The highest BCUT2D eigenvalue weighted by molar-refractivity contribution is 9.10. The zero-order valence-electron chi connectivity index (χ0n) is 15.1. The van der Waals surface area contributed by atoms with Gasteiger partial charge in [-0.3, -0.25) is 4.79 Å². The Morgan fingerprint density at radius 3 is 2.58 bits per heavy atom. The minimum absolute atomic E-state index is 0.110. The maximum atomic E-state index is 11.9. The molecule has 2 rings (SSSR count). The first kappa shape index (κ1) is 20.0. The van der Waals surface area contributed by atoms with Gasteiger partial charge in [0.2, 0.25) is 5.91 Å². The molecule has 138 valence electrons. The molecule has 0 bridgehead atoms. The fraction of sp³-hybridized carbons (Fsp3) is 0.286. The third-order valence-electron chi connectivity index (χ3n) is 3.60. The Bertz CT molecular complexity index is 759. The molecular weight excluding hydrogens is 394 g/mol. The van der Waals surface area contributed by atoms with Crippen LogP contribution in [-0.4, -0.2) is 25.7 Å². The number of benzene rings is 2. The molecule has 1 amide bonds. The number of hydrogen-bond donors (Lipinski definition) is 1. The van der Waals surface area contributed by atoms with Crippen LogP contribution in [0.1, 0.15) is 25.0 Å². The van der Waals surface area contributed by atoms with E-state index in [1.54, 1.807) is 12.2 Å². The van der Waals surface area contributed by atoms with Crippen LogP contribution in [0.3, 0.4) is 0 Å². The van der Waals surface area contributed by atoms with Crippen LogP contribution in [0.5, 0.6) is 11.5 Å². The molecule has 26 heavy (non-hydrogen) atoms. The van der Waals surface area contributed by atoms with E-state index in [0.717, 1.165) is 33.5 Å². The van der Waals surface area contributed by atoms with Gasteiger partial charge in [0, 0.05) is 17.1 Å². The van der Waals surface area contributed by atoms with Crippen LogP contribution >= 0.6 is 15.9 Å². The highest BCUT2D eigenvalue weighted by Crippen LogP contribution is 2.28. The molecule has 1 N–H and O–H groups in total. The van der Waals surface area contributed by atoms with Crippen LogP contribution in [0.2, 0.25) is 0 Å². The van der Waals surface area contributed by atoms with Crippen LogP contribution in [0.15, 0.2) is 53.0 Å². The van der Waals surface area contributed by atoms with Crippen LogP contribution in [0.25, 0.3) is 6.08 Å². The van der Waals surface area contributed by atoms with Crippen LogP contribution in [-0.2, 0) is 11.2 Å². The zero-order chi connectivity index (χ0) is 18.8. The maximum Gasteiger partial charge on any atom is 0.244 e. The summed E-state index contributed by atoms with van der Waals surface area (Å²) in [6, 6.07) is 13.7. The summed E-state index contributed by atoms with van der Waals surface area (Å²) in [4.78, 5) is 11.9. The molecule has 0 saturated heterocycles. The summed E-state index contributed by atoms with van der Waals surface area (Å²) in [6.07, 6.45) is 4.07. The molecule has 0 atom stereocenters. The lowest BCUT2D eigenvalue weighted by atomic mass is 10.1. The van der Waals surface area contributed by atoms with Crippen molar-refractivity contribution in [3.8, 4) is 11.5 Å². The van der Waals surface area contributed by atoms with Crippen LogP contribution in [0.4, 0.5) is 0 Å². The van der Waals surface area contributed by atoms with Crippen molar-refractivity contribution in [2.75, 3.05) is 19.8 Å². The summed E-state index contributed by atoms with van der Waals surface area (Å²) in [5, 5.41) is 2.90. The van der Waals surface area contributed by atoms with Gasteiger partial charge in [0.15, 0.2) is 11.5 Å². The second-order valence-corrected chi connectivity index (χ2v) is 6.49. The number of rotatable bonds is 9. The van der Waals surface area contributed by atoms with Gasteiger partial charge in [-0.15, -0.1) is 0 Å². The fourth-order valence-corrected chi connectivity index (χ4v) is 2.84. The molecule has 0 aliphatic heterocycles. The second-order valence-electron chi connectivity index (χ2n) is 5.58. The quantitative estimate of drug-likeness (QED) is 0.605. The van der Waals surface area contributed by atoms with Gasteiger partial charge in [-0.05, 0) is 61.7 Å². The Kier molecular flexibility index (Phi) is 8.22. The second kappa shape index (κ2) is 10.7. The van der Waals surface area contributed by atoms with Crippen molar-refractivity contribution >= 4 is 27.9 Å². The summed E-state index contributed by atoms with van der Waals surface area (Å²) in [6.45, 7) is 5.63. The minimum atomic E-state index is -0.110. The highest BCUT2D eigenvalue weighted by atomic mass is 79.9. The largest absolute Gasteiger partial charge is 0.490 e. The number of ether oxygens (including phenoxy) is 2.